The highest BCUT2D eigenvalue weighted by molar-refractivity contribution is 5.95. The van der Waals surface area contributed by atoms with Crippen LogP contribution < -0.4 is 11.2 Å². The quantitative estimate of drug-likeness (QED) is 0.0655. The van der Waals surface area contributed by atoms with Crippen LogP contribution in [0.4, 0.5) is 0 Å². The lowest BCUT2D eigenvalue weighted by Gasteiger charge is -2.38. The molecule has 3 heterocycles. The molecule has 57 heavy (non-hydrogen) atoms. The summed E-state index contributed by atoms with van der Waals surface area (Å²) in [4.78, 5) is 85.3. The number of hydrogen-bond acceptors (Lipinski definition) is 14. The summed E-state index contributed by atoms with van der Waals surface area (Å²) in [7, 11) is 0. The second-order valence-corrected chi connectivity index (χ2v) is 12.5. The van der Waals surface area contributed by atoms with E-state index in [1.807, 2.05) is 0 Å². The van der Waals surface area contributed by atoms with Gasteiger partial charge in [-0.05, 0) is 47.5 Å². The molecule has 0 amide bonds. The molecule has 0 bridgehead atoms. The van der Waals surface area contributed by atoms with Crippen molar-refractivity contribution in [2.75, 3.05) is 13.2 Å². The second-order valence-electron chi connectivity index (χ2n) is 12.5. The monoisotopic (exact) mass is 780 g/mol. The van der Waals surface area contributed by atoms with E-state index in [2.05, 4.69) is 20.1 Å². The third-order valence-electron chi connectivity index (χ3n) is 8.84. The van der Waals surface area contributed by atoms with Crippen LogP contribution in [0, 0.1) is 0 Å². The van der Waals surface area contributed by atoms with E-state index in [4.69, 9.17) is 34.0 Å². The minimum absolute atomic E-state index is 0.0200. The molecule has 0 N–H and O–H groups in total. The van der Waals surface area contributed by atoms with Gasteiger partial charge in [-0.2, -0.15) is 4.57 Å². The largest absolute Gasteiger partial charge is 0.461 e. The molecule has 292 valence electrons. The van der Waals surface area contributed by atoms with Gasteiger partial charge in [-0.15, -0.1) is 0 Å². The standard InChI is InChI=1S/C37H32N8O12/c1-21(46)54-29-25(40-42-38)19-52-36(28(29)41-43-39)53-20-26-30(56-34(49)23-13-7-3-8-14-23)31(57-35(50)24-15-9-4-10-16-24)33(55-26)44-18-17-27(47)45(37(44)51)32(48)22-11-5-2-6-12-22/h2-18,25-26,28-31,33,36H,19-20H2,1H3/t25-,26-,28-,29+,30-,31-,33-,36-/m1/s1. The number of hydrogen-bond donors (Lipinski definition) is 0. The maximum absolute atomic E-state index is 14.1. The van der Waals surface area contributed by atoms with E-state index >= 15 is 0 Å². The van der Waals surface area contributed by atoms with Gasteiger partial charge in [-0.1, -0.05) is 64.8 Å². The summed E-state index contributed by atoms with van der Waals surface area (Å²) in [6, 6.07) is 21.5. The van der Waals surface area contributed by atoms with Crippen LogP contribution in [0.2, 0.25) is 0 Å². The van der Waals surface area contributed by atoms with E-state index in [0.717, 1.165) is 23.8 Å². The number of carbonyl (C=O) groups excluding carboxylic acids is 4. The number of aromatic nitrogens is 2. The first-order chi connectivity index (χ1) is 27.6. The van der Waals surface area contributed by atoms with Gasteiger partial charge in [0.1, 0.15) is 18.2 Å². The van der Waals surface area contributed by atoms with Gasteiger partial charge in [-0.25, -0.2) is 14.4 Å². The summed E-state index contributed by atoms with van der Waals surface area (Å²) in [6.45, 7) is 0.175. The van der Waals surface area contributed by atoms with Crippen molar-refractivity contribution in [2.45, 2.75) is 55.9 Å². The minimum Gasteiger partial charge on any atom is -0.461 e. The first kappa shape index (κ1) is 39.6. The molecule has 0 spiro atoms. The maximum Gasteiger partial charge on any atom is 0.340 e. The zero-order chi connectivity index (χ0) is 40.5. The summed E-state index contributed by atoms with van der Waals surface area (Å²) in [5, 5.41) is 7.25. The smallest absolute Gasteiger partial charge is 0.340 e. The van der Waals surface area contributed by atoms with Crippen molar-refractivity contribution in [3.05, 3.63) is 162 Å². The highest BCUT2D eigenvalue weighted by Crippen LogP contribution is 2.35. The average Bonchev–Trinajstić information content (AvgIpc) is 3.54. The summed E-state index contributed by atoms with van der Waals surface area (Å²) >= 11 is 0. The van der Waals surface area contributed by atoms with Gasteiger partial charge in [-0.3, -0.25) is 19.0 Å². The van der Waals surface area contributed by atoms with E-state index < -0.39 is 90.7 Å². The molecule has 2 fully saturated rings. The van der Waals surface area contributed by atoms with Crippen molar-refractivity contribution in [1.29, 1.82) is 0 Å². The number of rotatable bonds is 12. The van der Waals surface area contributed by atoms with Crippen molar-refractivity contribution in [2.24, 2.45) is 10.2 Å². The third kappa shape index (κ3) is 8.91. The number of esters is 3. The van der Waals surface area contributed by atoms with Gasteiger partial charge in [0, 0.05) is 34.6 Å². The van der Waals surface area contributed by atoms with Crippen molar-refractivity contribution in [3.8, 4) is 0 Å². The molecule has 4 aromatic rings. The predicted octanol–water partition coefficient (Wildman–Crippen LogP) is 3.71. The van der Waals surface area contributed by atoms with Gasteiger partial charge >= 0.3 is 23.6 Å². The Morgan fingerprint density at radius 3 is 1.88 bits per heavy atom. The number of benzene rings is 3. The summed E-state index contributed by atoms with van der Waals surface area (Å²) in [5.41, 5.74) is 16.5. The Labute approximate surface area is 321 Å². The van der Waals surface area contributed by atoms with E-state index in [1.165, 1.54) is 36.4 Å². The lowest BCUT2D eigenvalue weighted by molar-refractivity contribution is -0.221. The van der Waals surface area contributed by atoms with Crippen molar-refractivity contribution < 1.29 is 47.6 Å². The molecule has 0 aliphatic carbocycles. The van der Waals surface area contributed by atoms with Gasteiger partial charge < -0.3 is 28.4 Å². The van der Waals surface area contributed by atoms with Crippen molar-refractivity contribution >= 4 is 23.8 Å². The molecular weight excluding hydrogens is 748 g/mol. The van der Waals surface area contributed by atoms with Crippen LogP contribution in [0.1, 0.15) is 44.2 Å². The molecule has 20 nitrogen and oxygen atoms in total. The lowest BCUT2D eigenvalue weighted by atomic mass is 10.0. The molecule has 0 saturated carbocycles. The van der Waals surface area contributed by atoms with Gasteiger partial charge in [0.25, 0.3) is 11.5 Å². The first-order valence-electron chi connectivity index (χ1n) is 17.2. The van der Waals surface area contributed by atoms with Crippen LogP contribution in [0.15, 0.2) is 123 Å². The first-order valence-corrected chi connectivity index (χ1v) is 17.2. The number of carbonyl (C=O) groups is 4. The number of azide groups is 2. The number of nitrogens with zero attached hydrogens (tertiary/aromatic N) is 8. The number of ether oxygens (including phenoxy) is 6. The predicted molar refractivity (Wildman–Crippen MR) is 193 cm³/mol. The van der Waals surface area contributed by atoms with Crippen LogP contribution in [0.25, 0.3) is 20.9 Å². The van der Waals surface area contributed by atoms with Crippen LogP contribution in [0.3, 0.4) is 0 Å². The molecule has 1 aromatic heterocycles. The zero-order valence-corrected chi connectivity index (χ0v) is 29.8. The lowest BCUT2D eigenvalue weighted by Crippen LogP contribution is -2.54. The SMILES string of the molecule is CC(=O)O[C@@H]1[C@@H](N=[N+]=[N-])[C@@H](OC[C@H]2O[C@@H](n3ccc(=O)n(C(=O)c4ccccc4)c3=O)[C@H](OC(=O)c3ccccc3)[C@@H]2OC(=O)c2ccccc2)OC[C@H]1N=[N+]=[N-]. The van der Waals surface area contributed by atoms with Gasteiger partial charge in [0.15, 0.2) is 24.7 Å². The molecular formula is C37H32N8O12. The third-order valence-corrected chi connectivity index (χ3v) is 8.84. The molecule has 8 atom stereocenters. The topological polar surface area (TPSA) is 265 Å². The minimum atomic E-state index is -1.66. The fourth-order valence-electron chi connectivity index (χ4n) is 6.24. The van der Waals surface area contributed by atoms with E-state index in [1.54, 1.807) is 54.6 Å². The Bertz CT molecular complexity index is 2330. The highest BCUT2D eigenvalue weighted by Gasteiger charge is 2.52. The highest BCUT2D eigenvalue weighted by atomic mass is 16.7. The summed E-state index contributed by atoms with van der Waals surface area (Å²) in [5.74, 6) is -3.54. The summed E-state index contributed by atoms with van der Waals surface area (Å²) < 4.78 is 36.4. The Hall–Kier alpha value is -7.08. The van der Waals surface area contributed by atoms with E-state index in [-0.39, 0.29) is 23.3 Å². The van der Waals surface area contributed by atoms with Crippen LogP contribution >= 0.6 is 0 Å². The second kappa shape index (κ2) is 18.0. The van der Waals surface area contributed by atoms with Crippen LogP contribution in [0.5, 0.6) is 0 Å². The Morgan fingerprint density at radius 2 is 1.32 bits per heavy atom. The molecule has 20 heteroatoms. The molecule has 0 radical (unpaired) electrons. The van der Waals surface area contributed by atoms with Crippen molar-refractivity contribution in [1.82, 2.24) is 9.13 Å². The summed E-state index contributed by atoms with van der Waals surface area (Å²) in [6.07, 6.45) is -8.03. The molecule has 3 aromatic carbocycles. The normalized spacial score (nSPS) is 23.9. The van der Waals surface area contributed by atoms with Gasteiger partial charge in [0.2, 0.25) is 0 Å². The maximum atomic E-state index is 14.1. The molecule has 2 aliphatic heterocycles. The molecule has 2 saturated heterocycles. The Kier molecular flexibility index (Phi) is 12.5. The fraction of sp³-hybridized carbons (Fsp3) is 0.297. The Balaban J connectivity index is 1.41. The molecule has 6 rings (SSSR count). The van der Waals surface area contributed by atoms with Gasteiger partial charge in [0.05, 0.1) is 30.4 Å². The fourth-order valence-corrected chi connectivity index (χ4v) is 6.24. The Morgan fingerprint density at radius 1 is 0.754 bits per heavy atom. The average molecular weight is 781 g/mol. The van der Waals surface area contributed by atoms with Crippen LogP contribution in [-0.2, 0) is 33.2 Å². The molecule has 2 aliphatic rings. The van der Waals surface area contributed by atoms with Crippen LogP contribution in [-0.4, -0.2) is 89.0 Å². The molecule has 0 unspecified atom stereocenters. The van der Waals surface area contributed by atoms with E-state index in [0.29, 0.717) is 4.57 Å². The van der Waals surface area contributed by atoms with Crippen molar-refractivity contribution in [3.63, 3.8) is 0 Å². The zero-order valence-electron chi connectivity index (χ0n) is 29.8. The van der Waals surface area contributed by atoms with E-state index in [9.17, 15) is 34.3 Å².